The van der Waals surface area contributed by atoms with E-state index in [-0.39, 0.29) is 5.91 Å². The molecule has 1 amide bonds. The number of fused-ring (bicyclic) bond motifs is 1. The first-order valence-electron chi connectivity index (χ1n) is 9.58. The number of nitrogens with zero attached hydrogens (tertiary/aromatic N) is 1. The van der Waals surface area contributed by atoms with E-state index >= 15 is 0 Å². The second-order valence-corrected chi connectivity index (χ2v) is 8.14. The molecule has 150 valence electrons. The standard InChI is InChI=1S/C25H21BrN2O2/c1-15-11-16(2)24-21(12-15)22(14-23(28-24)17-7-9-18(26)10-8-17)25(29)27-19-5-4-6-20(13-19)30-3/h4-14H,1-3H3,(H,27,29). The van der Waals surface area contributed by atoms with E-state index in [9.17, 15) is 4.79 Å². The number of pyridine rings is 1. The van der Waals surface area contributed by atoms with Crippen LogP contribution in [0.4, 0.5) is 5.69 Å². The summed E-state index contributed by atoms with van der Waals surface area (Å²) in [5.41, 5.74) is 5.95. The fourth-order valence-corrected chi connectivity index (χ4v) is 3.80. The monoisotopic (exact) mass is 460 g/mol. The van der Waals surface area contributed by atoms with E-state index in [0.717, 1.165) is 37.8 Å². The van der Waals surface area contributed by atoms with Crippen LogP contribution in [-0.4, -0.2) is 18.0 Å². The van der Waals surface area contributed by atoms with Crippen LogP contribution in [0, 0.1) is 13.8 Å². The Balaban J connectivity index is 1.85. The van der Waals surface area contributed by atoms with Gasteiger partial charge in [-0.3, -0.25) is 4.79 Å². The van der Waals surface area contributed by atoms with Gasteiger partial charge in [0, 0.05) is 27.2 Å². The molecule has 0 radical (unpaired) electrons. The third-order valence-corrected chi connectivity index (χ3v) is 5.49. The smallest absolute Gasteiger partial charge is 0.256 e. The van der Waals surface area contributed by atoms with Crippen molar-refractivity contribution in [3.63, 3.8) is 0 Å². The zero-order valence-electron chi connectivity index (χ0n) is 17.0. The molecule has 0 atom stereocenters. The molecule has 0 aliphatic rings. The van der Waals surface area contributed by atoms with Gasteiger partial charge in [0.25, 0.3) is 5.91 Å². The minimum absolute atomic E-state index is 0.181. The van der Waals surface area contributed by atoms with Crippen LogP contribution in [0.2, 0.25) is 0 Å². The minimum Gasteiger partial charge on any atom is -0.497 e. The van der Waals surface area contributed by atoms with Crippen molar-refractivity contribution in [1.82, 2.24) is 4.98 Å². The Kier molecular flexibility index (Phi) is 5.55. The van der Waals surface area contributed by atoms with Gasteiger partial charge in [0.2, 0.25) is 0 Å². The summed E-state index contributed by atoms with van der Waals surface area (Å²) in [6, 6.07) is 21.2. The maximum Gasteiger partial charge on any atom is 0.256 e. The minimum atomic E-state index is -0.181. The highest BCUT2D eigenvalue weighted by molar-refractivity contribution is 9.10. The summed E-state index contributed by atoms with van der Waals surface area (Å²) in [6.45, 7) is 4.05. The zero-order chi connectivity index (χ0) is 21.3. The number of rotatable bonds is 4. The lowest BCUT2D eigenvalue weighted by Crippen LogP contribution is -2.13. The molecule has 0 bridgehead atoms. The first kappa shape index (κ1) is 20.1. The molecule has 0 spiro atoms. The van der Waals surface area contributed by atoms with E-state index in [0.29, 0.717) is 17.0 Å². The Hall–Kier alpha value is -3.18. The van der Waals surface area contributed by atoms with Gasteiger partial charge < -0.3 is 10.1 Å². The summed E-state index contributed by atoms with van der Waals surface area (Å²) < 4.78 is 6.26. The van der Waals surface area contributed by atoms with Crippen LogP contribution in [0.5, 0.6) is 5.75 Å². The van der Waals surface area contributed by atoms with Gasteiger partial charge in [0.15, 0.2) is 0 Å². The molecule has 0 aliphatic carbocycles. The number of halogens is 1. The molecular formula is C25H21BrN2O2. The number of nitrogens with one attached hydrogen (secondary N) is 1. The summed E-state index contributed by atoms with van der Waals surface area (Å²) in [6.07, 6.45) is 0. The van der Waals surface area contributed by atoms with E-state index in [4.69, 9.17) is 9.72 Å². The largest absolute Gasteiger partial charge is 0.497 e. The number of hydrogen-bond acceptors (Lipinski definition) is 3. The third-order valence-electron chi connectivity index (χ3n) is 4.96. The number of carbonyl (C=O) groups excluding carboxylic acids is 1. The Morgan fingerprint density at radius 1 is 1.00 bits per heavy atom. The molecule has 0 aliphatic heterocycles. The van der Waals surface area contributed by atoms with Crippen LogP contribution >= 0.6 is 15.9 Å². The molecule has 5 heteroatoms. The summed E-state index contributed by atoms with van der Waals surface area (Å²) in [5, 5.41) is 3.84. The van der Waals surface area contributed by atoms with Crippen LogP contribution in [0.3, 0.4) is 0 Å². The molecule has 1 aromatic heterocycles. The van der Waals surface area contributed by atoms with Crippen LogP contribution in [0.15, 0.2) is 71.2 Å². The van der Waals surface area contributed by atoms with E-state index in [1.807, 2.05) is 68.4 Å². The Morgan fingerprint density at radius 2 is 1.77 bits per heavy atom. The predicted octanol–water partition coefficient (Wildman–Crippen LogP) is 6.54. The van der Waals surface area contributed by atoms with Crippen LogP contribution in [0.25, 0.3) is 22.2 Å². The van der Waals surface area contributed by atoms with Crippen LogP contribution in [0.1, 0.15) is 21.5 Å². The van der Waals surface area contributed by atoms with Gasteiger partial charge in [-0.05, 0) is 55.8 Å². The maximum atomic E-state index is 13.3. The van der Waals surface area contributed by atoms with Crippen molar-refractivity contribution in [1.29, 1.82) is 0 Å². The highest BCUT2D eigenvalue weighted by Gasteiger charge is 2.16. The quantitative estimate of drug-likeness (QED) is 0.375. The number of benzene rings is 3. The molecule has 1 heterocycles. The summed E-state index contributed by atoms with van der Waals surface area (Å²) in [4.78, 5) is 18.2. The van der Waals surface area contributed by atoms with E-state index < -0.39 is 0 Å². The van der Waals surface area contributed by atoms with Crippen molar-refractivity contribution in [2.75, 3.05) is 12.4 Å². The van der Waals surface area contributed by atoms with E-state index in [2.05, 4.69) is 27.3 Å². The molecule has 30 heavy (non-hydrogen) atoms. The number of methoxy groups -OCH3 is 1. The Morgan fingerprint density at radius 3 is 2.50 bits per heavy atom. The fourth-order valence-electron chi connectivity index (χ4n) is 3.54. The number of amides is 1. The second kappa shape index (κ2) is 8.28. The van der Waals surface area contributed by atoms with Crippen molar-refractivity contribution in [2.24, 2.45) is 0 Å². The number of aromatic nitrogens is 1. The SMILES string of the molecule is COc1cccc(NC(=O)c2cc(-c3ccc(Br)cc3)nc3c(C)cc(C)cc23)c1. The van der Waals surface area contributed by atoms with Gasteiger partial charge in [-0.2, -0.15) is 0 Å². The molecule has 4 aromatic rings. The number of hydrogen-bond donors (Lipinski definition) is 1. The number of anilines is 1. The molecule has 0 unspecified atom stereocenters. The average molecular weight is 461 g/mol. The Labute approximate surface area is 184 Å². The summed E-state index contributed by atoms with van der Waals surface area (Å²) in [5.74, 6) is 0.508. The van der Waals surface area contributed by atoms with Gasteiger partial charge in [0.1, 0.15) is 5.75 Å². The maximum absolute atomic E-state index is 13.3. The normalized spacial score (nSPS) is 10.8. The summed E-state index contributed by atoms with van der Waals surface area (Å²) in [7, 11) is 1.60. The van der Waals surface area contributed by atoms with Gasteiger partial charge in [-0.1, -0.05) is 45.8 Å². The van der Waals surface area contributed by atoms with Crippen molar-refractivity contribution < 1.29 is 9.53 Å². The third kappa shape index (κ3) is 4.07. The molecular weight excluding hydrogens is 440 g/mol. The first-order valence-corrected chi connectivity index (χ1v) is 10.4. The second-order valence-electron chi connectivity index (χ2n) is 7.23. The highest BCUT2D eigenvalue weighted by Crippen LogP contribution is 2.29. The summed E-state index contributed by atoms with van der Waals surface area (Å²) >= 11 is 3.47. The van der Waals surface area contributed by atoms with Gasteiger partial charge in [-0.25, -0.2) is 4.98 Å². The number of carbonyl (C=O) groups is 1. The van der Waals surface area contributed by atoms with Crippen molar-refractivity contribution >= 4 is 38.4 Å². The molecule has 0 saturated carbocycles. The van der Waals surface area contributed by atoms with Gasteiger partial charge >= 0.3 is 0 Å². The average Bonchev–Trinajstić information content (AvgIpc) is 2.74. The lowest BCUT2D eigenvalue weighted by atomic mass is 9.99. The number of ether oxygens (including phenoxy) is 1. The van der Waals surface area contributed by atoms with Crippen molar-refractivity contribution in [3.8, 4) is 17.0 Å². The predicted molar refractivity (Wildman–Crippen MR) is 125 cm³/mol. The first-order chi connectivity index (χ1) is 14.4. The Bertz CT molecular complexity index is 1250. The molecule has 3 aromatic carbocycles. The van der Waals surface area contributed by atoms with Crippen molar-refractivity contribution in [2.45, 2.75) is 13.8 Å². The highest BCUT2D eigenvalue weighted by atomic mass is 79.9. The van der Waals surface area contributed by atoms with E-state index in [1.54, 1.807) is 13.2 Å². The molecule has 1 N–H and O–H groups in total. The van der Waals surface area contributed by atoms with Crippen LogP contribution in [-0.2, 0) is 0 Å². The number of aryl methyl sites for hydroxylation is 2. The van der Waals surface area contributed by atoms with Gasteiger partial charge in [-0.15, -0.1) is 0 Å². The molecule has 4 rings (SSSR count). The zero-order valence-corrected chi connectivity index (χ0v) is 18.6. The van der Waals surface area contributed by atoms with E-state index in [1.165, 1.54) is 0 Å². The molecule has 0 fully saturated rings. The molecule has 4 nitrogen and oxygen atoms in total. The van der Waals surface area contributed by atoms with Crippen molar-refractivity contribution in [3.05, 3.63) is 87.9 Å². The lowest BCUT2D eigenvalue weighted by Gasteiger charge is -2.13. The topological polar surface area (TPSA) is 51.2 Å². The fraction of sp³-hybridized carbons (Fsp3) is 0.120. The van der Waals surface area contributed by atoms with Crippen LogP contribution < -0.4 is 10.1 Å². The lowest BCUT2D eigenvalue weighted by molar-refractivity contribution is 0.102. The molecule has 0 saturated heterocycles. The van der Waals surface area contributed by atoms with Gasteiger partial charge in [0.05, 0.1) is 23.9 Å².